The summed E-state index contributed by atoms with van der Waals surface area (Å²) in [5, 5.41) is 7.88. The highest BCUT2D eigenvalue weighted by atomic mass is 35.5. The number of nitrogens with one attached hydrogen (secondary N) is 2. The maximum absolute atomic E-state index is 13.9. The van der Waals surface area contributed by atoms with Crippen molar-refractivity contribution in [2.45, 2.75) is 6.18 Å². The van der Waals surface area contributed by atoms with Gasteiger partial charge < -0.3 is 5.32 Å². The Balaban J connectivity index is 1.94. The van der Waals surface area contributed by atoms with Crippen LogP contribution in [0, 0.1) is 23.3 Å². The van der Waals surface area contributed by atoms with Crippen LogP contribution in [0.4, 0.5) is 36.4 Å². The van der Waals surface area contributed by atoms with E-state index in [1.807, 2.05) is 0 Å². The van der Waals surface area contributed by atoms with E-state index in [0.29, 0.717) is 5.56 Å². The van der Waals surface area contributed by atoms with Gasteiger partial charge in [-0.15, -0.1) is 0 Å². The van der Waals surface area contributed by atoms with Gasteiger partial charge in [0.25, 0.3) is 5.91 Å². The molecule has 30 heavy (non-hydrogen) atoms. The number of aromatic amines is 1. The highest BCUT2D eigenvalue weighted by Gasteiger charge is 2.42. The van der Waals surface area contributed by atoms with Gasteiger partial charge in [0, 0.05) is 5.56 Å². The highest BCUT2D eigenvalue weighted by molar-refractivity contribution is 6.42. The Morgan fingerprint density at radius 3 is 2.07 bits per heavy atom. The molecular weight excluding hydrogens is 466 g/mol. The normalized spacial score (nSPS) is 11.6. The van der Waals surface area contributed by atoms with Crippen LogP contribution in [0.1, 0.15) is 16.1 Å². The van der Waals surface area contributed by atoms with Crippen LogP contribution >= 0.6 is 23.2 Å². The number of nitrogens with zero attached hydrogens (tertiary/aromatic N) is 1. The van der Waals surface area contributed by atoms with Gasteiger partial charge in [0.05, 0.1) is 15.7 Å². The molecule has 0 radical (unpaired) electrons. The predicted octanol–water partition coefficient (Wildman–Crippen LogP) is 6.21. The van der Waals surface area contributed by atoms with Crippen molar-refractivity contribution in [2.75, 3.05) is 5.32 Å². The summed E-state index contributed by atoms with van der Waals surface area (Å²) in [5.41, 5.74) is -4.36. The fourth-order valence-corrected chi connectivity index (χ4v) is 2.71. The third-order valence-corrected chi connectivity index (χ3v) is 4.56. The summed E-state index contributed by atoms with van der Waals surface area (Å²) in [7, 11) is 0. The maximum Gasteiger partial charge on any atom is 0.422 e. The molecule has 0 fully saturated rings. The molecule has 0 saturated heterocycles. The second kappa shape index (κ2) is 7.80. The molecule has 0 saturated carbocycles. The summed E-state index contributed by atoms with van der Waals surface area (Å²) in [6, 6.07) is 5.43. The predicted molar refractivity (Wildman–Crippen MR) is 93.3 cm³/mol. The van der Waals surface area contributed by atoms with E-state index in [2.05, 4.69) is 10.2 Å². The van der Waals surface area contributed by atoms with Gasteiger partial charge in [-0.2, -0.15) is 18.3 Å². The van der Waals surface area contributed by atoms with Crippen LogP contribution < -0.4 is 5.32 Å². The average Bonchev–Trinajstić information content (AvgIpc) is 3.15. The Hall–Kier alpha value is -2.79. The van der Waals surface area contributed by atoms with Gasteiger partial charge in [0.2, 0.25) is 0 Å². The molecule has 0 atom stereocenters. The lowest BCUT2D eigenvalue weighted by atomic mass is 10.1. The van der Waals surface area contributed by atoms with Gasteiger partial charge in [-0.05, 0) is 18.2 Å². The first-order valence-electron chi connectivity index (χ1n) is 7.67. The van der Waals surface area contributed by atoms with Crippen molar-refractivity contribution < 1.29 is 35.5 Å². The number of hydrogen-bond acceptors (Lipinski definition) is 2. The second-order valence-electron chi connectivity index (χ2n) is 5.75. The van der Waals surface area contributed by atoms with Crippen LogP contribution in [0.25, 0.3) is 11.3 Å². The van der Waals surface area contributed by atoms with E-state index in [1.165, 1.54) is 23.5 Å². The minimum absolute atomic E-state index is 0.143. The van der Waals surface area contributed by atoms with Crippen LogP contribution in [0.15, 0.2) is 24.3 Å². The molecule has 13 heteroatoms. The zero-order valence-electron chi connectivity index (χ0n) is 14.1. The number of hydrogen-bond donors (Lipinski definition) is 2. The number of anilines is 1. The number of benzene rings is 2. The Kier molecular flexibility index (Phi) is 5.70. The standard InChI is InChI=1S/C17H6Cl2F7N3O/c18-6-2-1-5(3-7(6)19)8-4-9(29-28-8)16(30)27-15-13(22)11(20)10(17(24,25)26)12(21)14(15)23/h1-4H,(H,27,30)(H,28,29). The number of rotatable bonds is 3. The summed E-state index contributed by atoms with van der Waals surface area (Å²) in [4.78, 5) is 12.2. The first-order chi connectivity index (χ1) is 13.9. The largest absolute Gasteiger partial charge is 0.422 e. The minimum atomic E-state index is -5.70. The summed E-state index contributed by atoms with van der Waals surface area (Å²) < 4.78 is 93.0. The first kappa shape index (κ1) is 21.9. The molecular formula is C17H6Cl2F7N3O. The third-order valence-electron chi connectivity index (χ3n) is 3.82. The number of amides is 1. The van der Waals surface area contributed by atoms with E-state index in [9.17, 15) is 35.5 Å². The molecule has 3 rings (SSSR count). The second-order valence-corrected chi connectivity index (χ2v) is 6.57. The lowest BCUT2D eigenvalue weighted by Crippen LogP contribution is -2.20. The van der Waals surface area contributed by atoms with Crippen LogP contribution in [0.3, 0.4) is 0 Å². The van der Waals surface area contributed by atoms with E-state index >= 15 is 0 Å². The van der Waals surface area contributed by atoms with Gasteiger partial charge in [-0.3, -0.25) is 9.89 Å². The number of halogens is 9. The molecule has 0 aliphatic heterocycles. The van der Waals surface area contributed by atoms with Crippen molar-refractivity contribution in [2.24, 2.45) is 0 Å². The smallest absolute Gasteiger partial charge is 0.316 e. The molecule has 158 valence electrons. The lowest BCUT2D eigenvalue weighted by molar-refractivity contribution is -0.143. The van der Waals surface area contributed by atoms with Crippen molar-refractivity contribution in [1.82, 2.24) is 10.2 Å². The number of carbonyl (C=O) groups excluding carboxylic acids is 1. The van der Waals surface area contributed by atoms with Crippen LogP contribution in [-0.4, -0.2) is 16.1 Å². The van der Waals surface area contributed by atoms with Crippen LogP contribution in [-0.2, 0) is 6.18 Å². The van der Waals surface area contributed by atoms with Gasteiger partial charge in [-0.25, -0.2) is 17.6 Å². The van der Waals surface area contributed by atoms with E-state index < -0.39 is 52.3 Å². The maximum atomic E-state index is 13.9. The SMILES string of the molecule is O=C(Nc1c(F)c(F)c(C(F)(F)F)c(F)c1F)c1cc(-c2ccc(Cl)c(Cl)c2)n[nH]1. The number of H-pyrrole nitrogens is 1. The summed E-state index contributed by atoms with van der Waals surface area (Å²) in [6.45, 7) is 0. The Morgan fingerprint density at radius 1 is 0.933 bits per heavy atom. The monoisotopic (exact) mass is 471 g/mol. The molecule has 3 aromatic rings. The van der Waals surface area contributed by atoms with Crippen LogP contribution in [0.5, 0.6) is 0 Å². The fourth-order valence-electron chi connectivity index (χ4n) is 2.41. The quantitative estimate of drug-likeness (QED) is 0.352. The number of alkyl halides is 3. The molecule has 1 amide bonds. The van der Waals surface area contributed by atoms with Crippen molar-refractivity contribution in [1.29, 1.82) is 0 Å². The van der Waals surface area contributed by atoms with Crippen LogP contribution in [0.2, 0.25) is 10.0 Å². The summed E-state index contributed by atoms with van der Waals surface area (Å²) >= 11 is 11.6. The molecule has 0 aliphatic rings. The molecule has 1 aromatic heterocycles. The van der Waals surface area contributed by atoms with E-state index in [0.717, 1.165) is 6.07 Å². The molecule has 0 unspecified atom stereocenters. The summed E-state index contributed by atoms with van der Waals surface area (Å²) in [6.07, 6.45) is -5.70. The van der Waals surface area contributed by atoms with Crippen molar-refractivity contribution in [3.8, 4) is 11.3 Å². The Bertz CT molecular complexity index is 1130. The lowest BCUT2D eigenvalue weighted by Gasteiger charge is -2.14. The van der Waals surface area contributed by atoms with Crippen molar-refractivity contribution >= 4 is 34.8 Å². The Morgan fingerprint density at radius 2 is 1.53 bits per heavy atom. The molecule has 0 spiro atoms. The summed E-state index contributed by atoms with van der Waals surface area (Å²) in [5.74, 6) is -11.6. The van der Waals surface area contributed by atoms with Crippen molar-refractivity contribution in [3.63, 3.8) is 0 Å². The van der Waals surface area contributed by atoms with E-state index in [1.54, 1.807) is 0 Å². The molecule has 0 aliphatic carbocycles. The molecule has 2 aromatic carbocycles. The third kappa shape index (κ3) is 3.94. The fraction of sp³-hybridized carbons (Fsp3) is 0.0588. The molecule has 1 heterocycles. The van der Waals surface area contributed by atoms with Gasteiger partial charge in [0.15, 0.2) is 23.3 Å². The zero-order valence-corrected chi connectivity index (χ0v) is 15.6. The van der Waals surface area contributed by atoms with E-state index in [-0.39, 0.29) is 15.7 Å². The minimum Gasteiger partial charge on any atom is -0.316 e. The zero-order chi connectivity index (χ0) is 22.4. The first-order valence-corrected chi connectivity index (χ1v) is 8.42. The van der Waals surface area contributed by atoms with E-state index in [4.69, 9.17) is 23.2 Å². The van der Waals surface area contributed by atoms with Gasteiger partial charge in [-0.1, -0.05) is 29.3 Å². The van der Waals surface area contributed by atoms with Gasteiger partial charge in [0.1, 0.15) is 16.9 Å². The number of carbonyl (C=O) groups is 1. The topological polar surface area (TPSA) is 57.8 Å². The molecule has 2 N–H and O–H groups in total. The number of aromatic nitrogens is 2. The molecule has 0 bridgehead atoms. The molecule has 4 nitrogen and oxygen atoms in total. The average molecular weight is 472 g/mol. The van der Waals surface area contributed by atoms with Gasteiger partial charge >= 0.3 is 6.18 Å². The highest BCUT2D eigenvalue weighted by Crippen LogP contribution is 2.38. The Labute approximate surface area is 172 Å². The van der Waals surface area contributed by atoms with Crippen molar-refractivity contribution in [3.05, 3.63) is 68.8 Å².